The van der Waals surface area contributed by atoms with Gasteiger partial charge in [-0.05, 0) is 68.9 Å². The van der Waals surface area contributed by atoms with Crippen molar-refractivity contribution in [2.45, 2.75) is 26.3 Å². The monoisotopic (exact) mass is 304 g/mol. The second-order valence-corrected chi connectivity index (χ2v) is 6.50. The largest absolute Gasteiger partial charge is 0.312 e. The van der Waals surface area contributed by atoms with Crippen LogP contribution in [0.3, 0.4) is 0 Å². The maximum atomic E-state index is 3.54. The van der Waals surface area contributed by atoms with Gasteiger partial charge >= 0.3 is 0 Å². The highest BCUT2D eigenvalue weighted by atomic mass is 79.9. The minimum atomic E-state index is 0.999. The van der Waals surface area contributed by atoms with Gasteiger partial charge in [0.2, 0.25) is 0 Å². The standard InChI is InChI=1S/C12H21BrN2S/c1-10-12(13)8-11(16-10)9-14-6-4-5-7-15(2)3/h8,14H,4-7,9H2,1-3H3. The Morgan fingerprint density at radius 3 is 2.69 bits per heavy atom. The van der Waals surface area contributed by atoms with Crippen molar-refractivity contribution in [3.63, 3.8) is 0 Å². The summed E-state index contributed by atoms with van der Waals surface area (Å²) in [5.74, 6) is 0. The fraction of sp³-hybridized carbons (Fsp3) is 0.667. The first kappa shape index (κ1) is 14.2. The molecule has 0 aliphatic carbocycles. The van der Waals surface area contributed by atoms with Crippen molar-refractivity contribution in [3.8, 4) is 0 Å². The molecule has 0 aliphatic heterocycles. The first-order valence-electron chi connectivity index (χ1n) is 5.70. The lowest BCUT2D eigenvalue weighted by Crippen LogP contribution is -2.17. The molecule has 1 aromatic heterocycles. The average Bonchev–Trinajstić information content (AvgIpc) is 2.52. The number of hydrogen-bond acceptors (Lipinski definition) is 3. The lowest BCUT2D eigenvalue weighted by atomic mass is 10.3. The van der Waals surface area contributed by atoms with Crippen LogP contribution in [-0.4, -0.2) is 32.1 Å². The number of nitrogens with one attached hydrogen (secondary N) is 1. The number of thiophene rings is 1. The van der Waals surface area contributed by atoms with Crippen LogP contribution < -0.4 is 5.32 Å². The molecule has 1 heterocycles. The van der Waals surface area contributed by atoms with Crippen LogP contribution in [0.4, 0.5) is 0 Å². The second-order valence-electron chi connectivity index (χ2n) is 4.30. The maximum absolute atomic E-state index is 3.54. The molecule has 0 unspecified atom stereocenters. The van der Waals surface area contributed by atoms with E-state index < -0.39 is 0 Å². The molecule has 16 heavy (non-hydrogen) atoms. The van der Waals surface area contributed by atoms with Crippen LogP contribution in [0.15, 0.2) is 10.5 Å². The zero-order valence-corrected chi connectivity index (χ0v) is 12.7. The van der Waals surface area contributed by atoms with E-state index in [2.05, 4.69) is 53.2 Å². The van der Waals surface area contributed by atoms with Gasteiger partial charge in [-0.15, -0.1) is 11.3 Å². The molecule has 4 heteroatoms. The van der Waals surface area contributed by atoms with Crippen LogP contribution in [-0.2, 0) is 6.54 Å². The van der Waals surface area contributed by atoms with Crippen molar-refractivity contribution in [2.24, 2.45) is 0 Å². The van der Waals surface area contributed by atoms with Gasteiger partial charge in [-0.2, -0.15) is 0 Å². The van der Waals surface area contributed by atoms with E-state index in [4.69, 9.17) is 0 Å². The van der Waals surface area contributed by atoms with Gasteiger partial charge in [0.05, 0.1) is 0 Å². The molecule has 0 radical (unpaired) electrons. The predicted molar refractivity (Wildman–Crippen MR) is 76.3 cm³/mol. The molecule has 1 aromatic rings. The molecule has 0 aromatic carbocycles. The van der Waals surface area contributed by atoms with Crippen molar-refractivity contribution in [1.82, 2.24) is 10.2 Å². The molecule has 1 rings (SSSR count). The van der Waals surface area contributed by atoms with Crippen LogP contribution in [0.2, 0.25) is 0 Å². The summed E-state index contributed by atoms with van der Waals surface area (Å²) in [6.07, 6.45) is 2.52. The zero-order valence-electron chi connectivity index (χ0n) is 10.3. The van der Waals surface area contributed by atoms with Crippen molar-refractivity contribution < 1.29 is 0 Å². The van der Waals surface area contributed by atoms with Crippen molar-refractivity contribution in [1.29, 1.82) is 0 Å². The molecule has 0 saturated carbocycles. The molecule has 0 fully saturated rings. The van der Waals surface area contributed by atoms with Gasteiger partial charge in [0.15, 0.2) is 0 Å². The summed E-state index contributed by atoms with van der Waals surface area (Å²) >= 11 is 5.41. The SMILES string of the molecule is Cc1sc(CNCCCCN(C)C)cc1Br. The molecule has 92 valence electrons. The Labute approximate surface area is 111 Å². The molecule has 0 aliphatic rings. The zero-order chi connectivity index (χ0) is 12.0. The number of aryl methyl sites for hydroxylation is 1. The minimum Gasteiger partial charge on any atom is -0.312 e. The summed E-state index contributed by atoms with van der Waals surface area (Å²) < 4.78 is 1.24. The number of hydrogen-bond donors (Lipinski definition) is 1. The van der Waals surface area contributed by atoms with E-state index in [-0.39, 0.29) is 0 Å². The fourth-order valence-corrected chi connectivity index (χ4v) is 3.07. The Morgan fingerprint density at radius 2 is 2.12 bits per heavy atom. The number of rotatable bonds is 7. The lowest BCUT2D eigenvalue weighted by molar-refractivity contribution is 0.392. The summed E-state index contributed by atoms with van der Waals surface area (Å²) in [7, 11) is 4.25. The van der Waals surface area contributed by atoms with Crippen LogP contribution in [0.5, 0.6) is 0 Å². The number of unbranched alkanes of at least 4 members (excludes halogenated alkanes) is 1. The average molecular weight is 305 g/mol. The van der Waals surface area contributed by atoms with Crippen molar-refractivity contribution in [2.75, 3.05) is 27.2 Å². The Kier molecular flexibility index (Phi) is 6.58. The van der Waals surface area contributed by atoms with Gasteiger partial charge in [-0.25, -0.2) is 0 Å². The van der Waals surface area contributed by atoms with Crippen molar-refractivity contribution >= 4 is 27.3 Å². The van der Waals surface area contributed by atoms with E-state index in [0.29, 0.717) is 0 Å². The Bertz CT molecular complexity index is 290. The molecule has 0 amide bonds. The quantitative estimate of drug-likeness (QED) is 0.778. The topological polar surface area (TPSA) is 15.3 Å². The molecule has 0 saturated heterocycles. The van der Waals surface area contributed by atoms with Crippen LogP contribution in [0.1, 0.15) is 22.6 Å². The van der Waals surface area contributed by atoms with E-state index in [1.54, 1.807) is 0 Å². The third-order valence-electron chi connectivity index (χ3n) is 2.42. The highest BCUT2D eigenvalue weighted by molar-refractivity contribution is 9.10. The predicted octanol–water partition coefficient (Wildman–Crippen LogP) is 3.25. The van der Waals surface area contributed by atoms with Crippen LogP contribution in [0.25, 0.3) is 0 Å². The molecule has 0 spiro atoms. The van der Waals surface area contributed by atoms with Crippen LogP contribution >= 0.6 is 27.3 Å². The summed E-state index contributed by atoms with van der Waals surface area (Å²) in [6.45, 7) is 5.45. The molecule has 0 atom stereocenters. The van der Waals surface area contributed by atoms with Gasteiger partial charge in [0.1, 0.15) is 0 Å². The molecular weight excluding hydrogens is 284 g/mol. The molecular formula is C12H21BrN2S. The van der Waals surface area contributed by atoms with Gasteiger partial charge in [-0.3, -0.25) is 0 Å². The molecule has 1 N–H and O–H groups in total. The third kappa shape index (κ3) is 5.43. The highest BCUT2D eigenvalue weighted by Gasteiger charge is 2.01. The summed E-state index contributed by atoms with van der Waals surface area (Å²) in [5.41, 5.74) is 0. The third-order valence-corrected chi connectivity index (χ3v) is 4.55. The number of halogens is 1. The van der Waals surface area contributed by atoms with Gasteiger partial charge < -0.3 is 10.2 Å². The summed E-state index contributed by atoms with van der Waals surface area (Å²) in [6, 6.07) is 2.22. The summed E-state index contributed by atoms with van der Waals surface area (Å²) in [5, 5.41) is 3.49. The molecule has 0 bridgehead atoms. The van der Waals surface area contributed by atoms with Gasteiger partial charge in [-0.1, -0.05) is 0 Å². The van der Waals surface area contributed by atoms with Crippen molar-refractivity contribution in [3.05, 3.63) is 20.3 Å². The van der Waals surface area contributed by atoms with E-state index in [9.17, 15) is 0 Å². The summed E-state index contributed by atoms with van der Waals surface area (Å²) in [4.78, 5) is 5.01. The molecule has 2 nitrogen and oxygen atoms in total. The van der Waals surface area contributed by atoms with E-state index in [1.165, 1.54) is 33.6 Å². The number of nitrogens with zero attached hydrogens (tertiary/aromatic N) is 1. The van der Waals surface area contributed by atoms with E-state index in [1.807, 2.05) is 11.3 Å². The van der Waals surface area contributed by atoms with E-state index in [0.717, 1.165) is 13.1 Å². The smallest absolute Gasteiger partial charge is 0.0314 e. The fourth-order valence-electron chi connectivity index (χ4n) is 1.49. The Morgan fingerprint density at radius 1 is 1.38 bits per heavy atom. The Hall–Kier alpha value is 0.100. The maximum Gasteiger partial charge on any atom is 0.0314 e. The first-order valence-corrected chi connectivity index (χ1v) is 7.31. The lowest BCUT2D eigenvalue weighted by Gasteiger charge is -2.08. The normalized spacial score (nSPS) is 11.3. The minimum absolute atomic E-state index is 0.999. The highest BCUT2D eigenvalue weighted by Crippen LogP contribution is 2.25. The van der Waals surface area contributed by atoms with E-state index >= 15 is 0 Å². The van der Waals surface area contributed by atoms with Gasteiger partial charge in [0.25, 0.3) is 0 Å². The Balaban J connectivity index is 2.07. The first-order chi connectivity index (χ1) is 7.59. The van der Waals surface area contributed by atoms with Gasteiger partial charge in [0, 0.05) is 20.8 Å². The van der Waals surface area contributed by atoms with Crippen LogP contribution in [0, 0.1) is 6.92 Å². The second kappa shape index (κ2) is 7.43.